The third-order valence-corrected chi connectivity index (χ3v) is 3.83. The lowest BCUT2D eigenvalue weighted by Crippen LogP contribution is -2.16. The molecule has 0 bridgehead atoms. The number of ketones is 1. The predicted octanol–water partition coefficient (Wildman–Crippen LogP) is 3.59. The standard InChI is InChI=1S/C17H14INO4/c18-12-6-7-14(13(10-12)17(22)23)19-16(21)9-8-15(20)11-4-2-1-3-5-11/h1-7,10H,8-9H2,(H,19,21)(H,22,23). The van der Waals surface area contributed by atoms with E-state index in [0.717, 1.165) is 3.57 Å². The van der Waals surface area contributed by atoms with Crippen LogP contribution in [-0.4, -0.2) is 22.8 Å². The van der Waals surface area contributed by atoms with Gasteiger partial charge in [0.1, 0.15) is 0 Å². The molecule has 2 aromatic carbocycles. The van der Waals surface area contributed by atoms with Gasteiger partial charge in [-0.05, 0) is 40.8 Å². The Bertz CT molecular complexity index is 744. The number of carboxylic acid groups (broad SMARTS) is 1. The zero-order valence-electron chi connectivity index (χ0n) is 12.1. The number of carbonyl (C=O) groups is 3. The number of hydrogen-bond donors (Lipinski definition) is 2. The number of benzene rings is 2. The highest BCUT2D eigenvalue weighted by Gasteiger charge is 2.14. The first kappa shape index (κ1) is 17.1. The van der Waals surface area contributed by atoms with Gasteiger partial charge in [-0.15, -0.1) is 0 Å². The highest BCUT2D eigenvalue weighted by Crippen LogP contribution is 2.19. The molecule has 0 aliphatic heterocycles. The number of carboxylic acids is 1. The van der Waals surface area contributed by atoms with E-state index in [0.29, 0.717) is 5.56 Å². The molecule has 2 N–H and O–H groups in total. The topological polar surface area (TPSA) is 83.5 Å². The van der Waals surface area contributed by atoms with Gasteiger partial charge < -0.3 is 10.4 Å². The number of rotatable bonds is 6. The summed E-state index contributed by atoms with van der Waals surface area (Å²) in [5.41, 5.74) is 0.815. The molecule has 2 rings (SSSR count). The fourth-order valence-corrected chi connectivity index (χ4v) is 2.50. The van der Waals surface area contributed by atoms with Gasteiger partial charge in [-0.3, -0.25) is 9.59 Å². The largest absolute Gasteiger partial charge is 0.478 e. The van der Waals surface area contributed by atoms with Crippen LogP contribution in [0.3, 0.4) is 0 Å². The van der Waals surface area contributed by atoms with Crippen LogP contribution in [0.4, 0.5) is 5.69 Å². The lowest BCUT2D eigenvalue weighted by Gasteiger charge is -2.09. The van der Waals surface area contributed by atoms with E-state index < -0.39 is 11.9 Å². The maximum absolute atomic E-state index is 11.9. The maximum Gasteiger partial charge on any atom is 0.337 e. The first-order chi connectivity index (χ1) is 11.0. The zero-order chi connectivity index (χ0) is 16.8. The number of aromatic carboxylic acids is 1. The van der Waals surface area contributed by atoms with Crippen molar-refractivity contribution in [2.45, 2.75) is 12.8 Å². The van der Waals surface area contributed by atoms with Gasteiger partial charge in [-0.2, -0.15) is 0 Å². The minimum Gasteiger partial charge on any atom is -0.478 e. The van der Waals surface area contributed by atoms with E-state index in [1.165, 1.54) is 6.07 Å². The van der Waals surface area contributed by atoms with Crippen LogP contribution in [-0.2, 0) is 4.79 Å². The number of nitrogens with one attached hydrogen (secondary N) is 1. The second-order valence-corrected chi connectivity index (χ2v) is 6.08. The summed E-state index contributed by atoms with van der Waals surface area (Å²) >= 11 is 2.00. The first-order valence-corrected chi connectivity index (χ1v) is 7.96. The van der Waals surface area contributed by atoms with E-state index in [1.54, 1.807) is 36.4 Å². The molecule has 0 unspecified atom stereocenters. The summed E-state index contributed by atoms with van der Waals surface area (Å²) in [4.78, 5) is 35.1. The molecule has 0 saturated carbocycles. The predicted molar refractivity (Wildman–Crippen MR) is 94.8 cm³/mol. The fourth-order valence-electron chi connectivity index (χ4n) is 2.01. The average Bonchev–Trinajstić information content (AvgIpc) is 2.55. The average molecular weight is 423 g/mol. The molecule has 0 spiro atoms. The Morgan fingerprint density at radius 2 is 1.70 bits per heavy atom. The van der Waals surface area contributed by atoms with Gasteiger partial charge in [0, 0.05) is 22.0 Å². The number of carbonyl (C=O) groups excluding carboxylic acids is 2. The van der Waals surface area contributed by atoms with Crippen molar-refractivity contribution in [1.82, 2.24) is 0 Å². The van der Waals surface area contributed by atoms with Crippen LogP contribution in [0.1, 0.15) is 33.6 Å². The molecule has 0 fully saturated rings. The number of halogens is 1. The fraction of sp³-hybridized carbons (Fsp3) is 0.118. The Morgan fingerprint density at radius 1 is 1.00 bits per heavy atom. The van der Waals surface area contributed by atoms with Crippen LogP contribution in [0.25, 0.3) is 0 Å². The van der Waals surface area contributed by atoms with Gasteiger partial charge in [-0.25, -0.2) is 4.79 Å². The van der Waals surface area contributed by atoms with E-state index in [9.17, 15) is 14.4 Å². The summed E-state index contributed by atoms with van der Waals surface area (Å²) in [6, 6.07) is 13.5. The summed E-state index contributed by atoms with van der Waals surface area (Å²) in [7, 11) is 0. The molecule has 5 nitrogen and oxygen atoms in total. The molecule has 0 atom stereocenters. The molecule has 1 amide bonds. The molecule has 118 valence electrons. The van der Waals surface area contributed by atoms with Crippen molar-refractivity contribution in [2.24, 2.45) is 0 Å². The highest BCUT2D eigenvalue weighted by atomic mass is 127. The molecule has 0 aliphatic rings. The summed E-state index contributed by atoms with van der Waals surface area (Å²) in [6.07, 6.45) is 0.0708. The molecule has 0 radical (unpaired) electrons. The van der Waals surface area contributed by atoms with Crippen molar-refractivity contribution in [2.75, 3.05) is 5.32 Å². The number of amides is 1. The van der Waals surface area contributed by atoms with Gasteiger partial charge in [0.05, 0.1) is 11.3 Å². The first-order valence-electron chi connectivity index (χ1n) is 6.88. The van der Waals surface area contributed by atoms with Crippen LogP contribution in [0, 0.1) is 3.57 Å². The third kappa shape index (κ3) is 4.88. The van der Waals surface area contributed by atoms with E-state index in [4.69, 9.17) is 5.11 Å². The van der Waals surface area contributed by atoms with Crippen LogP contribution in [0.2, 0.25) is 0 Å². The van der Waals surface area contributed by atoms with Gasteiger partial charge in [-0.1, -0.05) is 30.3 Å². The van der Waals surface area contributed by atoms with Crippen molar-refractivity contribution in [3.05, 3.63) is 63.2 Å². The molecule has 0 heterocycles. The van der Waals surface area contributed by atoms with Crippen LogP contribution < -0.4 is 5.32 Å². The van der Waals surface area contributed by atoms with E-state index in [1.807, 2.05) is 28.7 Å². The van der Waals surface area contributed by atoms with E-state index in [-0.39, 0.29) is 29.9 Å². The Hall–Kier alpha value is -2.22. The summed E-state index contributed by atoms with van der Waals surface area (Å²) < 4.78 is 0.761. The molecule has 23 heavy (non-hydrogen) atoms. The molecule has 0 saturated heterocycles. The Labute approximate surface area is 146 Å². The van der Waals surface area contributed by atoms with Crippen LogP contribution in [0.5, 0.6) is 0 Å². The van der Waals surface area contributed by atoms with E-state index >= 15 is 0 Å². The Morgan fingerprint density at radius 3 is 2.35 bits per heavy atom. The normalized spacial score (nSPS) is 10.1. The number of anilines is 1. The number of Topliss-reactive ketones (excluding diaryl/α,β-unsaturated/α-hetero) is 1. The van der Waals surface area contributed by atoms with Gasteiger partial charge in [0.2, 0.25) is 5.91 Å². The maximum atomic E-state index is 11.9. The lowest BCUT2D eigenvalue weighted by molar-refractivity contribution is -0.116. The van der Waals surface area contributed by atoms with Gasteiger partial charge in [0.25, 0.3) is 0 Å². The molecule has 0 aromatic heterocycles. The molecular formula is C17H14INO4. The Balaban J connectivity index is 1.98. The van der Waals surface area contributed by atoms with Crippen molar-refractivity contribution < 1.29 is 19.5 Å². The van der Waals surface area contributed by atoms with Crippen molar-refractivity contribution in [1.29, 1.82) is 0 Å². The van der Waals surface area contributed by atoms with Crippen molar-refractivity contribution >= 4 is 45.9 Å². The lowest BCUT2D eigenvalue weighted by atomic mass is 10.1. The van der Waals surface area contributed by atoms with Gasteiger partial charge >= 0.3 is 5.97 Å². The molecule has 2 aromatic rings. The van der Waals surface area contributed by atoms with Crippen LogP contribution >= 0.6 is 22.6 Å². The second-order valence-electron chi connectivity index (χ2n) is 4.83. The molecular weight excluding hydrogens is 409 g/mol. The third-order valence-electron chi connectivity index (χ3n) is 3.16. The summed E-state index contributed by atoms with van der Waals surface area (Å²) in [5, 5.41) is 11.7. The summed E-state index contributed by atoms with van der Waals surface area (Å²) in [5.74, 6) is -1.63. The number of hydrogen-bond acceptors (Lipinski definition) is 3. The van der Waals surface area contributed by atoms with Crippen molar-refractivity contribution in [3.8, 4) is 0 Å². The van der Waals surface area contributed by atoms with E-state index in [2.05, 4.69) is 5.32 Å². The monoisotopic (exact) mass is 423 g/mol. The minimum atomic E-state index is -1.11. The summed E-state index contributed by atoms with van der Waals surface area (Å²) in [6.45, 7) is 0. The second kappa shape index (κ2) is 7.87. The smallest absolute Gasteiger partial charge is 0.337 e. The van der Waals surface area contributed by atoms with Crippen LogP contribution in [0.15, 0.2) is 48.5 Å². The minimum absolute atomic E-state index is 0.00122. The zero-order valence-corrected chi connectivity index (χ0v) is 14.2. The quantitative estimate of drug-likeness (QED) is 0.550. The molecule has 0 aliphatic carbocycles. The molecule has 6 heteroatoms. The van der Waals surface area contributed by atoms with Crippen molar-refractivity contribution in [3.63, 3.8) is 0 Å². The van der Waals surface area contributed by atoms with Gasteiger partial charge in [0.15, 0.2) is 5.78 Å². The highest BCUT2D eigenvalue weighted by molar-refractivity contribution is 14.1. The Kier molecular flexibility index (Phi) is 5.86. The SMILES string of the molecule is O=C(CCC(=O)c1ccccc1)Nc1ccc(I)cc1C(=O)O.